The number of ketones is 1. The minimum atomic E-state index is -0.0118. The summed E-state index contributed by atoms with van der Waals surface area (Å²) in [5.41, 5.74) is 0.882. The monoisotopic (exact) mass is 294 g/mol. The molecule has 2 aromatic rings. The smallest absolute Gasteiger partial charge is 0.174 e. The predicted octanol–water partition coefficient (Wildman–Crippen LogP) is 4.18. The first-order valence-corrected chi connectivity index (χ1v) is 6.53. The number of Topliss-reactive ketones (excluding diaryl/α,β-unsaturated/α-hetero) is 1. The van der Waals surface area contributed by atoms with Gasteiger partial charge in [-0.05, 0) is 35.9 Å². The largest absolute Gasteiger partial charge is 0.486 e. The molecule has 0 saturated heterocycles. The lowest BCUT2D eigenvalue weighted by Gasteiger charge is -2.06. The SMILES string of the molecule is O=C(COc1cccc(Cl)c1)Cc1cccc(Cl)c1. The second-order valence-corrected chi connectivity index (χ2v) is 4.96. The molecule has 0 aliphatic rings. The van der Waals surface area contributed by atoms with E-state index in [4.69, 9.17) is 27.9 Å². The van der Waals surface area contributed by atoms with Crippen molar-refractivity contribution in [2.75, 3.05) is 6.61 Å². The molecule has 0 aromatic heterocycles. The summed E-state index contributed by atoms with van der Waals surface area (Å²) in [6, 6.07) is 14.2. The van der Waals surface area contributed by atoms with Crippen LogP contribution in [0.5, 0.6) is 5.75 Å². The Morgan fingerprint density at radius 3 is 2.37 bits per heavy atom. The summed E-state index contributed by atoms with van der Waals surface area (Å²) in [7, 11) is 0. The minimum absolute atomic E-state index is 0.0118. The molecule has 0 aliphatic carbocycles. The van der Waals surface area contributed by atoms with E-state index in [-0.39, 0.29) is 12.4 Å². The maximum absolute atomic E-state index is 11.8. The first-order chi connectivity index (χ1) is 9.13. The molecule has 0 atom stereocenters. The third kappa shape index (κ3) is 4.58. The molecular formula is C15H12Cl2O2. The molecule has 98 valence electrons. The summed E-state index contributed by atoms with van der Waals surface area (Å²) >= 11 is 11.7. The molecule has 0 unspecified atom stereocenters. The Balaban J connectivity index is 1.88. The van der Waals surface area contributed by atoms with Crippen LogP contribution in [-0.4, -0.2) is 12.4 Å². The molecule has 2 aromatic carbocycles. The molecule has 0 amide bonds. The summed E-state index contributed by atoms with van der Waals surface area (Å²) in [6.07, 6.45) is 0.307. The summed E-state index contributed by atoms with van der Waals surface area (Å²) in [5, 5.41) is 1.21. The molecule has 2 nitrogen and oxygen atoms in total. The van der Waals surface area contributed by atoms with E-state index < -0.39 is 0 Å². The highest BCUT2D eigenvalue weighted by atomic mass is 35.5. The molecule has 4 heteroatoms. The lowest BCUT2D eigenvalue weighted by molar-refractivity contribution is -0.120. The molecule has 0 radical (unpaired) electrons. The van der Waals surface area contributed by atoms with Gasteiger partial charge in [0.05, 0.1) is 0 Å². The van der Waals surface area contributed by atoms with Crippen LogP contribution in [0.4, 0.5) is 0 Å². The maximum Gasteiger partial charge on any atom is 0.174 e. The standard InChI is InChI=1S/C15H12Cl2O2/c16-12-4-1-3-11(7-12)8-14(18)10-19-15-6-2-5-13(17)9-15/h1-7,9H,8,10H2. The van der Waals surface area contributed by atoms with Gasteiger partial charge in [-0.1, -0.05) is 41.4 Å². The number of benzene rings is 2. The predicted molar refractivity (Wildman–Crippen MR) is 77.1 cm³/mol. The third-order valence-corrected chi connectivity index (χ3v) is 2.96. The lowest BCUT2D eigenvalue weighted by Crippen LogP contribution is -2.13. The van der Waals surface area contributed by atoms with Gasteiger partial charge in [-0.3, -0.25) is 4.79 Å². The van der Waals surface area contributed by atoms with Crippen LogP contribution in [-0.2, 0) is 11.2 Å². The van der Waals surface area contributed by atoms with Gasteiger partial charge >= 0.3 is 0 Å². The first-order valence-electron chi connectivity index (χ1n) is 5.78. The van der Waals surface area contributed by atoms with E-state index in [0.29, 0.717) is 22.2 Å². The van der Waals surface area contributed by atoms with Crippen LogP contribution in [0.25, 0.3) is 0 Å². The highest BCUT2D eigenvalue weighted by molar-refractivity contribution is 6.31. The van der Waals surface area contributed by atoms with Crippen molar-refractivity contribution in [1.29, 1.82) is 0 Å². The normalized spacial score (nSPS) is 10.2. The van der Waals surface area contributed by atoms with E-state index >= 15 is 0 Å². The first kappa shape index (κ1) is 13.9. The van der Waals surface area contributed by atoms with Crippen LogP contribution in [0.1, 0.15) is 5.56 Å². The molecule has 0 saturated carbocycles. The van der Waals surface area contributed by atoms with E-state index in [1.807, 2.05) is 12.1 Å². The highest BCUT2D eigenvalue weighted by Gasteiger charge is 2.05. The average Bonchev–Trinajstić information content (AvgIpc) is 2.36. The Morgan fingerprint density at radius 1 is 1.00 bits per heavy atom. The number of hydrogen-bond donors (Lipinski definition) is 0. The number of hydrogen-bond acceptors (Lipinski definition) is 2. The molecule has 2 rings (SSSR count). The van der Waals surface area contributed by atoms with Gasteiger partial charge in [-0.15, -0.1) is 0 Å². The van der Waals surface area contributed by atoms with Gasteiger partial charge in [-0.2, -0.15) is 0 Å². The third-order valence-electron chi connectivity index (χ3n) is 2.49. The van der Waals surface area contributed by atoms with Crippen molar-refractivity contribution in [3.8, 4) is 5.75 Å². The second-order valence-electron chi connectivity index (χ2n) is 4.09. The molecular weight excluding hydrogens is 283 g/mol. The van der Waals surface area contributed by atoms with Crippen LogP contribution < -0.4 is 4.74 Å². The fraction of sp³-hybridized carbons (Fsp3) is 0.133. The van der Waals surface area contributed by atoms with E-state index in [1.165, 1.54) is 0 Å². The van der Waals surface area contributed by atoms with Crippen LogP contribution in [0.3, 0.4) is 0 Å². The molecule has 19 heavy (non-hydrogen) atoms. The van der Waals surface area contributed by atoms with Crippen molar-refractivity contribution < 1.29 is 9.53 Å². The Kier molecular flexibility index (Phi) is 4.83. The average molecular weight is 295 g/mol. The van der Waals surface area contributed by atoms with Gasteiger partial charge in [-0.25, -0.2) is 0 Å². The van der Waals surface area contributed by atoms with Gasteiger partial charge in [0, 0.05) is 16.5 Å². The quantitative estimate of drug-likeness (QED) is 0.827. The fourth-order valence-electron chi connectivity index (χ4n) is 1.65. The summed E-state index contributed by atoms with van der Waals surface area (Å²) in [6.45, 7) is 0.0207. The number of rotatable bonds is 5. The van der Waals surface area contributed by atoms with Crippen molar-refractivity contribution in [1.82, 2.24) is 0 Å². The van der Waals surface area contributed by atoms with Gasteiger partial charge in [0.15, 0.2) is 5.78 Å². The summed E-state index contributed by atoms with van der Waals surface area (Å²) in [5.74, 6) is 0.578. The lowest BCUT2D eigenvalue weighted by atomic mass is 10.1. The Hall–Kier alpha value is -1.51. The molecule has 0 heterocycles. The van der Waals surface area contributed by atoms with Crippen LogP contribution in [0, 0.1) is 0 Å². The van der Waals surface area contributed by atoms with Crippen molar-refractivity contribution in [2.45, 2.75) is 6.42 Å². The molecule has 0 aliphatic heterocycles. The van der Waals surface area contributed by atoms with Gasteiger partial charge < -0.3 is 4.74 Å². The second kappa shape index (κ2) is 6.60. The zero-order chi connectivity index (χ0) is 13.7. The summed E-state index contributed by atoms with van der Waals surface area (Å²) in [4.78, 5) is 11.8. The Bertz CT molecular complexity index is 582. The van der Waals surface area contributed by atoms with E-state index in [0.717, 1.165) is 5.56 Å². The highest BCUT2D eigenvalue weighted by Crippen LogP contribution is 2.17. The molecule has 0 N–H and O–H groups in total. The van der Waals surface area contributed by atoms with Crippen LogP contribution in [0.2, 0.25) is 10.0 Å². The zero-order valence-electron chi connectivity index (χ0n) is 10.1. The number of halogens is 2. The number of ether oxygens (including phenoxy) is 1. The Morgan fingerprint density at radius 2 is 1.68 bits per heavy atom. The van der Waals surface area contributed by atoms with E-state index in [2.05, 4.69) is 0 Å². The van der Waals surface area contributed by atoms with Crippen molar-refractivity contribution in [3.05, 3.63) is 64.1 Å². The van der Waals surface area contributed by atoms with Gasteiger partial charge in [0.2, 0.25) is 0 Å². The van der Waals surface area contributed by atoms with Gasteiger partial charge in [0.1, 0.15) is 12.4 Å². The van der Waals surface area contributed by atoms with Crippen LogP contribution in [0.15, 0.2) is 48.5 Å². The zero-order valence-corrected chi connectivity index (χ0v) is 11.6. The Labute approximate surface area is 121 Å². The van der Waals surface area contributed by atoms with Crippen molar-refractivity contribution in [3.63, 3.8) is 0 Å². The molecule has 0 spiro atoms. The van der Waals surface area contributed by atoms with E-state index in [9.17, 15) is 4.79 Å². The topological polar surface area (TPSA) is 26.3 Å². The molecule has 0 bridgehead atoms. The van der Waals surface area contributed by atoms with Crippen molar-refractivity contribution >= 4 is 29.0 Å². The van der Waals surface area contributed by atoms with E-state index in [1.54, 1.807) is 36.4 Å². The van der Waals surface area contributed by atoms with Gasteiger partial charge in [0.25, 0.3) is 0 Å². The van der Waals surface area contributed by atoms with Crippen molar-refractivity contribution in [2.24, 2.45) is 0 Å². The number of carbonyl (C=O) groups excluding carboxylic acids is 1. The number of carbonyl (C=O) groups is 1. The summed E-state index contributed by atoms with van der Waals surface area (Å²) < 4.78 is 5.38. The van der Waals surface area contributed by atoms with Crippen LogP contribution >= 0.6 is 23.2 Å². The molecule has 0 fully saturated rings. The fourth-order valence-corrected chi connectivity index (χ4v) is 2.04. The maximum atomic E-state index is 11.8. The minimum Gasteiger partial charge on any atom is -0.486 e.